The minimum Gasteiger partial charge on any atom is -0.206 e. The van der Waals surface area contributed by atoms with Crippen LogP contribution in [0.15, 0.2) is 12.1 Å². The summed E-state index contributed by atoms with van der Waals surface area (Å²) in [7, 11) is 0. The van der Waals surface area contributed by atoms with Crippen LogP contribution in [0.5, 0.6) is 0 Å². The van der Waals surface area contributed by atoms with Crippen LogP contribution in [0.2, 0.25) is 0 Å². The third-order valence-electron chi connectivity index (χ3n) is 1.74. The van der Waals surface area contributed by atoms with Crippen LogP contribution in [0.25, 0.3) is 0 Å². The highest BCUT2D eigenvalue weighted by Gasteiger charge is 2.34. The first kappa shape index (κ1) is 12.4. The Kier molecular flexibility index (Phi) is 3.38. The molecular formula is C9H6BrF5. The average molecular weight is 289 g/mol. The number of hydrogen-bond donors (Lipinski definition) is 0. The maximum absolute atomic E-state index is 12.8. The Labute approximate surface area is 91.2 Å². The molecule has 84 valence electrons. The lowest BCUT2D eigenvalue weighted by atomic mass is 10.1. The summed E-state index contributed by atoms with van der Waals surface area (Å²) in [5.74, 6) is -7.84. The Morgan fingerprint density at radius 1 is 1.13 bits per heavy atom. The molecule has 0 aliphatic rings. The van der Waals surface area contributed by atoms with Gasteiger partial charge in [-0.1, -0.05) is 15.9 Å². The summed E-state index contributed by atoms with van der Waals surface area (Å²) in [6, 6.07) is 1.07. The summed E-state index contributed by atoms with van der Waals surface area (Å²) in [6.07, 6.45) is 0. The van der Waals surface area contributed by atoms with E-state index in [-0.39, 0.29) is 5.56 Å². The molecule has 0 N–H and O–H groups in total. The SMILES string of the molecule is CC(F)(F)C(Br)c1cc(F)c(F)c(F)c1. The van der Waals surface area contributed by atoms with E-state index in [1.807, 2.05) is 0 Å². The maximum atomic E-state index is 12.8. The first-order valence-corrected chi connectivity index (χ1v) is 4.81. The molecule has 1 aromatic carbocycles. The van der Waals surface area contributed by atoms with E-state index in [0.29, 0.717) is 19.1 Å². The van der Waals surface area contributed by atoms with Crippen LogP contribution < -0.4 is 0 Å². The minimum absolute atomic E-state index is 0.348. The third kappa shape index (κ3) is 2.68. The predicted octanol–water partition coefficient (Wildman–Crippen LogP) is 4.20. The molecule has 1 rings (SSSR count). The van der Waals surface area contributed by atoms with Crippen LogP contribution in [-0.2, 0) is 0 Å². The second-order valence-corrected chi connectivity index (χ2v) is 4.03. The molecule has 0 bridgehead atoms. The molecule has 15 heavy (non-hydrogen) atoms. The van der Waals surface area contributed by atoms with Crippen molar-refractivity contribution in [2.24, 2.45) is 0 Å². The Morgan fingerprint density at radius 3 is 1.87 bits per heavy atom. The number of alkyl halides is 3. The lowest BCUT2D eigenvalue weighted by Crippen LogP contribution is -2.17. The Bertz CT molecular complexity index is 348. The Balaban J connectivity index is 3.17. The van der Waals surface area contributed by atoms with E-state index in [4.69, 9.17) is 0 Å². The molecule has 0 heterocycles. The van der Waals surface area contributed by atoms with Crippen LogP contribution in [-0.4, -0.2) is 5.92 Å². The average Bonchev–Trinajstić information content (AvgIpc) is 2.10. The van der Waals surface area contributed by atoms with E-state index in [9.17, 15) is 22.0 Å². The van der Waals surface area contributed by atoms with Crippen molar-refractivity contribution in [3.63, 3.8) is 0 Å². The molecule has 6 heteroatoms. The normalized spacial score (nSPS) is 14.1. The maximum Gasteiger partial charge on any atom is 0.261 e. The largest absolute Gasteiger partial charge is 0.261 e. The van der Waals surface area contributed by atoms with Gasteiger partial charge in [0.15, 0.2) is 17.5 Å². The summed E-state index contributed by atoms with van der Waals surface area (Å²) in [4.78, 5) is -1.56. The molecule has 0 nitrogen and oxygen atoms in total. The van der Waals surface area contributed by atoms with Gasteiger partial charge in [0.1, 0.15) is 4.83 Å². The van der Waals surface area contributed by atoms with Gasteiger partial charge in [-0.05, 0) is 17.7 Å². The first-order valence-electron chi connectivity index (χ1n) is 3.90. The smallest absolute Gasteiger partial charge is 0.206 e. The van der Waals surface area contributed by atoms with Crippen LogP contribution in [0, 0.1) is 17.5 Å². The highest BCUT2D eigenvalue weighted by molar-refractivity contribution is 9.09. The second-order valence-electron chi connectivity index (χ2n) is 3.12. The Morgan fingerprint density at radius 2 is 1.53 bits per heavy atom. The van der Waals surface area contributed by atoms with Gasteiger partial charge in [-0.3, -0.25) is 0 Å². The molecule has 0 spiro atoms. The molecule has 0 aliphatic heterocycles. The van der Waals surface area contributed by atoms with Gasteiger partial charge < -0.3 is 0 Å². The third-order valence-corrected chi connectivity index (χ3v) is 3.08. The minimum atomic E-state index is -3.20. The van der Waals surface area contributed by atoms with Crippen molar-refractivity contribution >= 4 is 15.9 Å². The van der Waals surface area contributed by atoms with Gasteiger partial charge in [-0.15, -0.1) is 0 Å². The monoisotopic (exact) mass is 288 g/mol. The van der Waals surface area contributed by atoms with Crippen molar-refractivity contribution in [1.29, 1.82) is 0 Å². The van der Waals surface area contributed by atoms with Crippen LogP contribution in [0.1, 0.15) is 17.3 Å². The topological polar surface area (TPSA) is 0 Å². The Hall–Kier alpha value is -0.650. The van der Waals surface area contributed by atoms with Crippen LogP contribution in [0.3, 0.4) is 0 Å². The van der Waals surface area contributed by atoms with E-state index < -0.39 is 28.2 Å². The number of benzene rings is 1. The fourth-order valence-electron chi connectivity index (χ4n) is 1.01. The summed E-state index contributed by atoms with van der Waals surface area (Å²) >= 11 is 2.59. The number of rotatable bonds is 2. The zero-order valence-corrected chi connectivity index (χ0v) is 9.09. The van der Waals surface area contributed by atoms with Gasteiger partial charge in [0, 0.05) is 6.92 Å². The zero-order valence-electron chi connectivity index (χ0n) is 7.50. The molecule has 0 saturated heterocycles. The van der Waals surface area contributed by atoms with Crippen LogP contribution >= 0.6 is 15.9 Å². The predicted molar refractivity (Wildman–Crippen MR) is 48.6 cm³/mol. The van der Waals surface area contributed by atoms with E-state index in [1.165, 1.54) is 0 Å². The number of hydrogen-bond acceptors (Lipinski definition) is 0. The quantitative estimate of drug-likeness (QED) is 0.435. The van der Waals surface area contributed by atoms with Crippen molar-refractivity contribution in [1.82, 2.24) is 0 Å². The standard InChI is InChI=1S/C9H6BrF5/c1-9(14,15)8(10)4-2-5(11)7(13)6(12)3-4/h2-3,8H,1H3. The highest BCUT2D eigenvalue weighted by atomic mass is 79.9. The van der Waals surface area contributed by atoms with Gasteiger partial charge in [0.05, 0.1) is 0 Å². The fraction of sp³-hybridized carbons (Fsp3) is 0.333. The first-order chi connectivity index (χ1) is 6.73. The van der Waals surface area contributed by atoms with Gasteiger partial charge in [0.25, 0.3) is 5.92 Å². The second kappa shape index (κ2) is 4.08. The van der Waals surface area contributed by atoms with Gasteiger partial charge in [-0.2, -0.15) is 0 Å². The summed E-state index contributed by atoms with van der Waals surface area (Å²) in [5.41, 5.74) is -0.348. The lowest BCUT2D eigenvalue weighted by Gasteiger charge is -2.18. The summed E-state index contributed by atoms with van der Waals surface area (Å²) in [5, 5.41) is 0. The molecule has 0 fully saturated rings. The van der Waals surface area contributed by atoms with Crippen molar-refractivity contribution in [2.75, 3.05) is 0 Å². The highest BCUT2D eigenvalue weighted by Crippen LogP contribution is 2.38. The van der Waals surface area contributed by atoms with E-state index in [1.54, 1.807) is 0 Å². The van der Waals surface area contributed by atoms with Gasteiger partial charge in [-0.25, -0.2) is 22.0 Å². The molecule has 0 radical (unpaired) electrons. The molecule has 0 saturated carbocycles. The van der Waals surface area contributed by atoms with Crippen molar-refractivity contribution in [2.45, 2.75) is 17.7 Å². The van der Waals surface area contributed by atoms with Crippen molar-refractivity contribution in [3.8, 4) is 0 Å². The molecule has 1 aromatic rings. The molecule has 1 unspecified atom stereocenters. The van der Waals surface area contributed by atoms with E-state index in [0.717, 1.165) is 0 Å². The van der Waals surface area contributed by atoms with Gasteiger partial charge in [0.2, 0.25) is 0 Å². The molecule has 1 atom stereocenters. The molecular weight excluding hydrogens is 283 g/mol. The summed E-state index contributed by atoms with van der Waals surface area (Å²) < 4.78 is 63.5. The van der Waals surface area contributed by atoms with Crippen molar-refractivity contribution < 1.29 is 22.0 Å². The summed E-state index contributed by atoms with van der Waals surface area (Å²) in [6.45, 7) is 0.589. The molecule has 0 aliphatic carbocycles. The fourth-order valence-corrected chi connectivity index (χ4v) is 1.28. The number of halogens is 6. The van der Waals surface area contributed by atoms with E-state index >= 15 is 0 Å². The van der Waals surface area contributed by atoms with Crippen LogP contribution in [0.4, 0.5) is 22.0 Å². The zero-order chi connectivity index (χ0) is 11.8. The van der Waals surface area contributed by atoms with Crippen molar-refractivity contribution in [3.05, 3.63) is 35.1 Å². The van der Waals surface area contributed by atoms with E-state index in [2.05, 4.69) is 15.9 Å². The van der Waals surface area contributed by atoms with Gasteiger partial charge >= 0.3 is 0 Å². The lowest BCUT2D eigenvalue weighted by molar-refractivity contribution is 0.0211. The molecule has 0 amide bonds. The molecule has 0 aromatic heterocycles.